The lowest BCUT2D eigenvalue weighted by atomic mass is 9.94. The summed E-state index contributed by atoms with van der Waals surface area (Å²) in [5.74, 6) is 0. The summed E-state index contributed by atoms with van der Waals surface area (Å²) in [4.78, 5) is 2.40. The quantitative estimate of drug-likeness (QED) is 0.152. The highest BCUT2D eigenvalue weighted by molar-refractivity contribution is 6.17. The van der Waals surface area contributed by atoms with E-state index in [9.17, 15) is 0 Å². The van der Waals surface area contributed by atoms with Crippen LogP contribution < -0.4 is 4.90 Å². The highest BCUT2D eigenvalue weighted by Crippen LogP contribution is 2.45. The summed E-state index contributed by atoms with van der Waals surface area (Å²) in [5.41, 5.74) is 16.5. The van der Waals surface area contributed by atoms with Gasteiger partial charge in [0.1, 0.15) is 0 Å². The van der Waals surface area contributed by atoms with Gasteiger partial charge in [0.2, 0.25) is 0 Å². The van der Waals surface area contributed by atoms with Crippen LogP contribution in [0.25, 0.3) is 72.0 Å². The van der Waals surface area contributed by atoms with E-state index in [1.807, 2.05) is 0 Å². The van der Waals surface area contributed by atoms with Crippen LogP contribution in [0.3, 0.4) is 0 Å². The molecular weight excluding hydrogens is 677 g/mol. The molecule has 0 spiro atoms. The van der Waals surface area contributed by atoms with Crippen molar-refractivity contribution in [3.05, 3.63) is 231 Å². The SMILES string of the molecule is c1ccc(-c2ccc(-c3ccccc3-n3c4ccccc4c4c(N(c5ccccc5)c5ccc(-c6ccccc6-c6ccccc6)cc5)cccc43)cc2)cc1. The van der Waals surface area contributed by atoms with Crippen LogP contribution in [0.2, 0.25) is 0 Å². The summed E-state index contributed by atoms with van der Waals surface area (Å²) in [5, 5.41) is 2.42. The van der Waals surface area contributed by atoms with Crippen molar-refractivity contribution in [3.63, 3.8) is 0 Å². The van der Waals surface area contributed by atoms with E-state index in [1.165, 1.54) is 60.8 Å². The van der Waals surface area contributed by atoms with Gasteiger partial charge >= 0.3 is 0 Å². The summed E-state index contributed by atoms with van der Waals surface area (Å²) >= 11 is 0. The van der Waals surface area contributed by atoms with Crippen LogP contribution in [0.1, 0.15) is 0 Å². The molecule has 56 heavy (non-hydrogen) atoms. The highest BCUT2D eigenvalue weighted by Gasteiger charge is 2.22. The van der Waals surface area contributed by atoms with Crippen LogP contribution >= 0.6 is 0 Å². The molecule has 0 amide bonds. The summed E-state index contributed by atoms with van der Waals surface area (Å²) in [6, 6.07) is 82.9. The zero-order chi connectivity index (χ0) is 37.3. The molecule has 2 nitrogen and oxygen atoms in total. The third kappa shape index (κ3) is 5.95. The summed E-state index contributed by atoms with van der Waals surface area (Å²) in [7, 11) is 0. The molecule has 264 valence electrons. The van der Waals surface area contributed by atoms with Gasteiger partial charge in [-0.1, -0.05) is 182 Å². The number of para-hydroxylation sites is 3. The average Bonchev–Trinajstić information content (AvgIpc) is 3.63. The molecule has 0 aliphatic carbocycles. The van der Waals surface area contributed by atoms with E-state index in [0.717, 1.165) is 28.3 Å². The zero-order valence-electron chi connectivity index (χ0n) is 30.8. The lowest BCUT2D eigenvalue weighted by molar-refractivity contribution is 1.18. The van der Waals surface area contributed by atoms with E-state index in [2.05, 4.69) is 240 Å². The standard InChI is InChI=1S/C54H38N2/c1-4-17-39(18-5-1)40-31-33-43(34-32-40)48-25-12-14-27-50(48)56-51-28-15-13-26-49(51)54-52(29-16-30-53(54)56)55(44-21-8-3-9-22-44)45-37-35-42(36-38-45)47-24-11-10-23-46(47)41-19-6-2-7-20-41/h1-38H. The Labute approximate surface area is 327 Å². The van der Waals surface area contributed by atoms with Gasteiger partial charge in [-0.2, -0.15) is 0 Å². The molecule has 0 N–H and O–H groups in total. The molecule has 0 aliphatic heterocycles. The molecule has 0 fully saturated rings. The molecule has 10 aromatic rings. The van der Waals surface area contributed by atoms with E-state index in [0.29, 0.717) is 0 Å². The van der Waals surface area contributed by atoms with Crippen LogP contribution in [0.5, 0.6) is 0 Å². The molecule has 0 unspecified atom stereocenters. The van der Waals surface area contributed by atoms with Gasteiger partial charge in [-0.25, -0.2) is 0 Å². The highest BCUT2D eigenvalue weighted by atomic mass is 15.1. The number of hydrogen-bond donors (Lipinski definition) is 0. The Morgan fingerprint density at radius 3 is 1.43 bits per heavy atom. The van der Waals surface area contributed by atoms with E-state index in [-0.39, 0.29) is 0 Å². The summed E-state index contributed by atoms with van der Waals surface area (Å²) < 4.78 is 2.45. The molecule has 9 aromatic carbocycles. The van der Waals surface area contributed by atoms with Gasteiger partial charge in [-0.15, -0.1) is 0 Å². The van der Waals surface area contributed by atoms with E-state index < -0.39 is 0 Å². The number of aromatic nitrogens is 1. The second-order valence-corrected chi connectivity index (χ2v) is 14.1. The fourth-order valence-corrected chi connectivity index (χ4v) is 8.23. The third-order valence-electron chi connectivity index (χ3n) is 10.8. The first kappa shape index (κ1) is 33.2. The van der Waals surface area contributed by atoms with Gasteiger partial charge < -0.3 is 9.47 Å². The Morgan fingerprint density at radius 1 is 0.286 bits per heavy atom. The molecule has 0 radical (unpaired) electrons. The predicted molar refractivity (Wildman–Crippen MR) is 237 cm³/mol. The lowest BCUT2D eigenvalue weighted by Gasteiger charge is -2.27. The molecule has 0 atom stereocenters. The second-order valence-electron chi connectivity index (χ2n) is 14.1. The Bertz CT molecular complexity index is 2930. The average molecular weight is 715 g/mol. The Balaban J connectivity index is 1.13. The monoisotopic (exact) mass is 714 g/mol. The maximum absolute atomic E-state index is 2.45. The largest absolute Gasteiger partial charge is 0.310 e. The minimum Gasteiger partial charge on any atom is -0.310 e. The van der Waals surface area contributed by atoms with Crippen LogP contribution in [0.15, 0.2) is 231 Å². The number of rotatable bonds is 8. The molecule has 1 heterocycles. The second kappa shape index (κ2) is 14.4. The molecule has 0 aliphatic rings. The Hall–Kier alpha value is -7.42. The van der Waals surface area contributed by atoms with Gasteiger partial charge in [0.25, 0.3) is 0 Å². The van der Waals surface area contributed by atoms with E-state index in [4.69, 9.17) is 0 Å². The maximum atomic E-state index is 2.45. The zero-order valence-corrected chi connectivity index (χ0v) is 30.8. The van der Waals surface area contributed by atoms with Gasteiger partial charge in [0, 0.05) is 27.7 Å². The first-order valence-electron chi connectivity index (χ1n) is 19.2. The molecule has 0 bridgehead atoms. The van der Waals surface area contributed by atoms with Crippen molar-refractivity contribution in [1.82, 2.24) is 4.57 Å². The van der Waals surface area contributed by atoms with Crippen LogP contribution in [-0.4, -0.2) is 4.57 Å². The number of hydrogen-bond acceptors (Lipinski definition) is 1. The summed E-state index contributed by atoms with van der Waals surface area (Å²) in [6.45, 7) is 0. The molecule has 10 rings (SSSR count). The summed E-state index contributed by atoms with van der Waals surface area (Å²) in [6.07, 6.45) is 0. The van der Waals surface area contributed by atoms with Crippen molar-refractivity contribution in [3.8, 4) is 50.2 Å². The van der Waals surface area contributed by atoms with Crippen molar-refractivity contribution in [2.75, 3.05) is 4.90 Å². The first-order valence-corrected chi connectivity index (χ1v) is 19.2. The van der Waals surface area contributed by atoms with Gasteiger partial charge in [0.15, 0.2) is 0 Å². The minimum absolute atomic E-state index is 1.10. The first-order chi connectivity index (χ1) is 27.8. The molecule has 0 saturated heterocycles. The third-order valence-corrected chi connectivity index (χ3v) is 10.8. The van der Waals surface area contributed by atoms with Crippen LogP contribution in [0.4, 0.5) is 17.1 Å². The topological polar surface area (TPSA) is 8.17 Å². The van der Waals surface area contributed by atoms with Crippen molar-refractivity contribution < 1.29 is 0 Å². The number of nitrogens with zero attached hydrogens (tertiary/aromatic N) is 2. The number of fused-ring (bicyclic) bond motifs is 3. The lowest BCUT2D eigenvalue weighted by Crippen LogP contribution is -2.10. The Kier molecular flexibility index (Phi) is 8.55. The van der Waals surface area contributed by atoms with Crippen LogP contribution in [0, 0.1) is 0 Å². The molecule has 0 saturated carbocycles. The van der Waals surface area contributed by atoms with Crippen molar-refractivity contribution in [2.45, 2.75) is 0 Å². The molecular formula is C54H38N2. The van der Waals surface area contributed by atoms with Crippen molar-refractivity contribution in [2.24, 2.45) is 0 Å². The fraction of sp³-hybridized carbons (Fsp3) is 0. The minimum atomic E-state index is 1.10. The van der Waals surface area contributed by atoms with E-state index >= 15 is 0 Å². The number of anilines is 3. The maximum Gasteiger partial charge on any atom is 0.0562 e. The smallest absolute Gasteiger partial charge is 0.0562 e. The molecule has 2 heteroatoms. The fourth-order valence-electron chi connectivity index (χ4n) is 8.23. The van der Waals surface area contributed by atoms with Crippen molar-refractivity contribution >= 4 is 38.9 Å². The normalized spacial score (nSPS) is 11.2. The van der Waals surface area contributed by atoms with Crippen molar-refractivity contribution in [1.29, 1.82) is 0 Å². The Morgan fingerprint density at radius 2 is 0.732 bits per heavy atom. The van der Waals surface area contributed by atoms with Gasteiger partial charge in [0.05, 0.1) is 22.4 Å². The van der Waals surface area contributed by atoms with Gasteiger partial charge in [-0.05, 0) is 87.5 Å². The van der Waals surface area contributed by atoms with Crippen LogP contribution in [-0.2, 0) is 0 Å². The predicted octanol–water partition coefficient (Wildman–Crippen LogP) is 14.9. The molecule has 1 aromatic heterocycles. The van der Waals surface area contributed by atoms with Gasteiger partial charge in [-0.3, -0.25) is 0 Å². The van der Waals surface area contributed by atoms with E-state index in [1.54, 1.807) is 0 Å². The number of benzene rings is 9.